The first-order valence-electron chi connectivity index (χ1n) is 33.5. The molecule has 5 aliphatic heterocycles. The lowest BCUT2D eigenvalue weighted by Gasteiger charge is -2.51. The number of carbonyl (C=O) groups excluding carboxylic acids is 4. The largest absolute Gasteiger partial charge is 0.510 e. The van der Waals surface area contributed by atoms with Crippen molar-refractivity contribution >= 4 is 37.4 Å². The predicted octanol–water partition coefficient (Wildman–Crippen LogP) is -2.81. The fraction of sp³-hybridized carbons (Fsp3) is 0.738. The molecule has 1 aliphatic carbocycles. The fourth-order valence-corrected chi connectivity index (χ4v) is 12.9. The minimum atomic E-state index is -5.78. The van der Waals surface area contributed by atoms with Gasteiger partial charge < -0.3 is 141 Å². The monoisotopic (exact) mass is 1500 g/mol. The van der Waals surface area contributed by atoms with E-state index >= 15 is 0 Å². The van der Waals surface area contributed by atoms with Gasteiger partial charge in [0.25, 0.3) is 5.91 Å². The molecule has 38 heteroatoms. The van der Waals surface area contributed by atoms with E-state index in [0.29, 0.717) is 12.8 Å². The summed E-state index contributed by atoms with van der Waals surface area (Å²) >= 11 is 0. The van der Waals surface area contributed by atoms with E-state index in [2.05, 4.69) is 69.6 Å². The summed E-state index contributed by atoms with van der Waals surface area (Å²) in [5.74, 6) is -4.31. The van der Waals surface area contributed by atoms with Gasteiger partial charge in [-0.3, -0.25) is 23.4 Å². The SMILES string of the molecule is C=C(C/C=C(\C)CCC=C(C)C)CCC(C)(C)/C=C\CC/C(C)=C\COC(COP(=O)(O)OC1OC(C(N)=O)C(C)(O)C(C(=O)ON)C1OC1OC(COC2OC(CO)C(O)C(O)C2O)C(OC2OC(C)C(OC3OC(C(=O)NC4=C(O)CCC4=O)C(O)C(O)C3O)C(O)C2N)C(O)C1N)C(=O)O. The van der Waals surface area contributed by atoms with Crippen LogP contribution in [-0.2, 0) is 89.8 Å². The molecule has 37 nitrogen and oxygen atoms in total. The van der Waals surface area contributed by atoms with Crippen LogP contribution in [0.25, 0.3) is 0 Å². The lowest BCUT2D eigenvalue weighted by atomic mass is 9.77. The Kier molecular flexibility index (Phi) is 32.2. The van der Waals surface area contributed by atoms with E-state index in [1.54, 1.807) is 13.0 Å². The number of ketones is 1. The van der Waals surface area contributed by atoms with E-state index in [1.807, 2.05) is 6.08 Å². The lowest BCUT2D eigenvalue weighted by Crippen LogP contribution is -2.71. The number of hydrogen-bond acceptors (Lipinski definition) is 33. The Morgan fingerprint density at radius 1 is 0.757 bits per heavy atom. The third kappa shape index (κ3) is 23.0. The summed E-state index contributed by atoms with van der Waals surface area (Å²) in [6.45, 7) is 15.2. The molecule has 2 amide bonds. The second-order valence-electron chi connectivity index (χ2n) is 27.6. The van der Waals surface area contributed by atoms with Crippen LogP contribution in [-0.4, -0.2) is 275 Å². The number of carboxylic acids is 1. The van der Waals surface area contributed by atoms with Crippen LogP contribution < -0.4 is 28.4 Å². The van der Waals surface area contributed by atoms with Crippen LogP contribution in [0.2, 0.25) is 0 Å². The Bertz CT molecular complexity index is 3110. The number of phosphoric acid groups is 1. The number of amides is 2. The van der Waals surface area contributed by atoms with Gasteiger partial charge in [-0.1, -0.05) is 73.1 Å². The second-order valence-corrected chi connectivity index (χ2v) is 29.0. The maximum absolute atomic E-state index is 14.0. The molecule has 5 fully saturated rings. The Balaban J connectivity index is 1.17. The van der Waals surface area contributed by atoms with Gasteiger partial charge >= 0.3 is 19.8 Å². The molecule has 6 rings (SSSR count). The number of allylic oxidation sites excluding steroid dienone is 10. The number of nitrogens with two attached hydrogens (primary N) is 4. The Morgan fingerprint density at radius 3 is 1.96 bits per heavy atom. The molecule has 27 atom stereocenters. The molecule has 0 aromatic heterocycles. The average molecular weight is 1500 g/mol. The number of aliphatic hydroxyl groups is 11. The first-order chi connectivity index (χ1) is 48.1. The van der Waals surface area contributed by atoms with Crippen molar-refractivity contribution < 1.29 is 156 Å². The summed E-state index contributed by atoms with van der Waals surface area (Å²) in [4.78, 5) is 80.4. The quantitative estimate of drug-likeness (QED) is 0.0173. The van der Waals surface area contributed by atoms with Gasteiger partial charge in [0.2, 0.25) is 5.91 Å². The van der Waals surface area contributed by atoms with Crippen molar-refractivity contribution in [3.05, 3.63) is 70.7 Å². The number of carboxylic acid groups (broad SMARTS) is 1. The van der Waals surface area contributed by atoms with Crippen molar-refractivity contribution in [2.24, 2.45) is 34.4 Å². The van der Waals surface area contributed by atoms with Gasteiger partial charge in [-0.2, -0.15) is 5.90 Å². The van der Waals surface area contributed by atoms with Crippen molar-refractivity contribution in [2.75, 3.05) is 26.4 Å². The summed E-state index contributed by atoms with van der Waals surface area (Å²) in [5, 5.41) is 133. The topological polar surface area (TPSA) is 602 Å². The summed E-state index contributed by atoms with van der Waals surface area (Å²) in [7, 11) is -5.78. The molecule has 0 aromatic rings. The average Bonchev–Trinajstić information content (AvgIpc) is 0.986. The standard InChI is InChI=1S/C65H104N5O32P/c1-28(2)13-12-15-29(3)16-17-31(5)20-23-64(7,8)22-11-10-14-30(4)21-24-90-37(57(84)85)27-92-103(88,89)102-63-52(38(58(86)101-69)65(9,87)54(100-63)55(68)82)98-60-40(67)44(76)51(36(95-60)26-91-61-48(80)45(77)42(74)35(25-71)94-61)97-59-39(66)43(75)50(32(6)93-59)96-62-49(81)46(78)47(79)53(99-62)56(83)70-41-33(72)18-19-34(41)73/h11,13,16,21-22,32,35-40,42-54,59-63,71-72,74-81,87H,5,10,12,14-15,17-20,23-27,66-67,69H2,1-4,6-9H3,(H2,68,82)(H,70,83)(H,84,85)(H,88,89)/b22-11-,29-16+,30-21-. The molecular formula is C65H104N5O32P. The van der Waals surface area contributed by atoms with Crippen LogP contribution >= 0.6 is 7.82 Å². The minimum absolute atomic E-state index is 0.0989. The fourth-order valence-electron chi connectivity index (χ4n) is 12.1. The van der Waals surface area contributed by atoms with Crippen LogP contribution in [0.1, 0.15) is 113 Å². The number of nitrogens with one attached hydrogen (secondary N) is 1. The first-order valence-corrected chi connectivity index (χ1v) is 35.0. The zero-order chi connectivity index (χ0) is 76.9. The zero-order valence-corrected chi connectivity index (χ0v) is 59.4. The molecule has 0 bridgehead atoms. The molecule has 5 saturated heterocycles. The number of phosphoric ester groups is 1. The van der Waals surface area contributed by atoms with Gasteiger partial charge in [0.05, 0.1) is 44.6 Å². The Hall–Kier alpha value is -5.02. The number of primary amides is 1. The summed E-state index contributed by atoms with van der Waals surface area (Å²) < 4.78 is 82.5. The molecule has 6 aliphatic rings. The summed E-state index contributed by atoms with van der Waals surface area (Å²) in [5.41, 5.74) is 19.7. The van der Waals surface area contributed by atoms with E-state index < -0.39 is 227 Å². The van der Waals surface area contributed by atoms with Crippen molar-refractivity contribution in [3.63, 3.8) is 0 Å². The molecular weight excluding hydrogens is 1390 g/mol. The molecule has 22 N–H and O–H groups in total. The van der Waals surface area contributed by atoms with Crippen molar-refractivity contribution in [3.8, 4) is 0 Å². The molecule has 0 saturated carbocycles. The number of rotatable bonds is 35. The summed E-state index contributed by atoms with van der Waals surface area (Å²) in [6, 6.07) is -3.79. The highest BCUT2D eigenvalue weighted by Crippen LogP contribution is 2.50. The maximum Gasteiger partial charge on any atom is 0.474 e. The number of Topliss-reactive ketones (excluding diaryl/α,β-unsaturated/α-hetero) is 1. The molecule has 5 heterocycles. The number of ether oxygens (including phenoxy) is 10. The molecule has 0 spiro atoms. The highest BCUT2D eigenvalue weighted by Gasteiger charge is 2.63. The van der Waals surface area contributed by atoms with Crippen molar-refractivity contribution in [1.82, 2.24) is 5.32 Å². The van der Waals surface area contributed by atoms with Crippen LogP contribution in [0.3, 0.4) is 0 Å². The molecule has 0 radical (unpaired) electrons. The van der Waals surface area contributed by atoms with Gasteiger partial charge in [-0.25, -0.2) is 14.2 Å². The smallest absolute Gasteiger partial charge is 0.474 e. The van der Waals surface area contributed by atoms with Crippen LogP contribution in [0.4, 0.5) is 0 Å². The first kappa shape index (κ1) is 86.9. The maximum atomic E-state index is 14.0. The van der Waals surface area contributed by atoms with Crippen molar-refractivity contribution in [1.29, 1.82) is 0 Å². The number of aliphatic carboxylic acids is 1. The van der Waals surface area contributed by atoms with Crippen LogP contribution in [0.15, 0.2) is 70.7 Å². The predicted molar refractivity (Wildman–Crippen MR) is 352 cm³/mol. The minimum Gasteiger partial charge on any atom is -0.510 e. The highest BCUT2D eigenvalue weighted by atomic mass is 31.2. The zero-order valence-electron chi connectivity index (χ0n) is 58.5. The molecule has 103 heavy (non-hydrogen) atoms. The van der Waals surface area contributed by atoms with Crippen LogP contribution in [0, 0.1) is 11.3 Å². The van der Waals surface area contributed by atoms with E-state index in [9.17, 15) is 94.7 Å². The van der Waals surface area contributed by atoms with Gasteiger partial charge in [-0.05, 0) is 91.9 Å². The lowest BCUT2D eigenvalue weighted by molar-refractivity contribution is -0.369. The van der Waals surface area contributed by atoms with Crippen molar-refractivity contribution in [2.45, 2.75) is 266 Å². The Labute approximate surface area is 594 Å². The molecule has 0 aromatic carbocycles. The van der Waals surface area contributed by atoms with Gasteiger partial charge in [0.15, 0.2) is 55.5 Å². The summed E-state index contributed by atoms with van der Waals surface area (Å²) in [6.07, 6.45) is -29.0. The van der Waals surface area contributed by atoms with Crippen LogP contribution in [0.5, 0.6) is 0 Å². The van der Waals surface area contributed by atoms with E-state index in [0.717, 1.165) is 50.2 Å². The van der Waals surface area contributed by atoms with Gasteiger partial charge in [0.1, 0.15) is 102 Å². The second kappa shape index (κ2) is 38.2. The highest BCUT2D eigenvalue weighted by molar-refractivity contribution is 7.47. The number of carbonyl (C=O) groups is 5. The van der Waals surface area contributed by atoms with E-state index in [-0.39, 0.29) is 24.9 Å². The number of aliphatic hydroxyl groups excluding tert-OH is 10. The van der Waals surface area contributed by atoms with Gasteiger partial charge in [0, 0.05) is 12.8 Å². The molecule has 586 valence electrons. The third-order valence-electron chi connectivity index (χ3n) is 18.5. The number of hydrogen-bond donors (Lipinski definition) is 18. The van der Waals surface area contributed by atoms with Gasteiger partial charge in [-0.15, -0.1) is 0 Å². The Morgan fingerprint density at radius 2 is 1.35 bits per heavy atom. The third-order valence-corrected chi connectivity index (χ3v) is 19.4. The van der Waals surface area contributed by atoms with E-state index in [1.165, 1.54) is 18.1 Å². The van der Waals surface area contributed by atoms with E-state index in [4.69, 9.17) is 79.5 Å². The normalized spacial score (nSPS) is 37.2. The molecule has 27 unspecified atom stereocenters.